The van der Waals surface area contributed by atoms with Gasteiger partial charge in [-0.15, -0.1) is 0 Å². The number of carbonyl (C=O) groups is 6. The second-order valence-corrected chi connectivity index (χ2v) is 11.1. The Morgan fingerprint density at radius 2 is 1.44 bits per heavy atom. The number of carboxylic acids is 2. The van der Waals surface area contributed by atoms with Crippen LogP contribution in [0.25, 0.3) is 0 Å². The summed E-state index contributed by atoms with van der Waals surface area (Å²) < 4.78 is 5.30. The smallest absolute Gasteiger partial charge is 0.303 e. The van der Waals surface area contributed by atoms with Crippen molar-refractivity contribution < 1.29 is 48.8 Å². The van der Waals surface area contributed by atoms with Gasteiger partial charge in [-0.2, -0.15) is 0 Å². The molecule has 6 unspecified atom stereocenters. The Balaban J connectivity index is 1.53. The van der Waals surface area contributed by atoms with Crippen LogP contribution in [0, 0.1) is 29.6 Å². The fourth-order valence-corrected chi connectivity index (χ4v) is 7.24. The second kappa shape index (κ2) is 11.0. The van der Waals surface area contributed by atoms with Gasteiger partial charge in [0.25, 0.3) is 0 Å². The third kappa shape index (κ3) is 4.74. The Labute approximate surface area is 235 Å². The zero-order valence-electron chi connectivity index (χ0n) is 22.5. The number of para-hydroxylation sites is 1. The number of rotatable bonds is 10. The number of imide groups is 2. The van der Waals surface area contributed by atoms with Crippen LogP contribution in [-0.2, 0) is 28.8 Å². The number of fused-ring (bicyclic) bond motifs is 4. The van der Waals surface area contributed by atoms with Crippen molar-refractivity contribution in [3.63, 3.8) is 0 Å². The van der Waals surface area contributed by atoms with E-state index >= 15 is 0 Å². The number of phenols is 1. The highest BCUT2D eigenvalue weighted by Gasteiger charge is 2.62. The molecule has 0 aromatic heterocycles. The first kappa shape index (κ1) is 28.3. The van der Waals surface area contributed by atoms with Gasteiger partial charge in [0.15, 0.2) is 11.5 Å². The van der Waals surface area contributed by atoms with E-state index < -0.39 is 65.2 Å². The average Bonchev–Trinajstić information content (AvgIpc) is 3.32. The van der Waals surface area contributed by atoms with Crippen molar-refractivity contribution in [1.29, 1.82) is 0 Å². The lowest BCUT2D eigenvalue weighted by atomic mass is 9.57. The zero-order chi connectivity index (χ0) is 29.6. The van der Waals surface area contributed by atoms with Crippen LogP contribution in [0.15, 0.2) is 29.8 Å². The summed E-state index contributed by atoms with van der Waals surface area (Å²) in [5.74, 6) is -8.20. The quantitative estimate of drug-likeness (QED) is 0.278. The summed E-state index contributed by atoms with van der Waals surface area (Å²) in [6.07, 6.45) is 2.06. The van der Waals surface area contributed by atoms with Crippen LogP contribution in [0.3, 0.4) is 0 Å². The number of carbonyl (C=O) groups excluding carboxylic acids is 4. The number of ether oxygens (including phenoxy) is 1. The number of allylic oxidation sites excluding steroid dienone is 2. The molecule has 2 heterocycles. The van der Waals surface area contributed by atoms with Gasteiger partial charge in [0.05, 0.1) is 30.8 Å². The zero-order valence-corrected chi connectivity index (χ0v) is 22.5. The van der Waals surface area contributed by atoms with Gasteiger partial charge in [-0.05, 0) is 37.7 Å². The van der Waals surface area contributed by atoms with Gasteiger partial charge in [0, 0.05) is 37.4 Å². The number of hydrogen-bond acceptors (Lipinski definition) is 8. The summed E-state index contributed by atoms with van der Waals surface area (Å²) >= 11 is 0. The molecule has 2 aliphatic heterocycles. The van der Waals surface area contributed by atoms with Crippen molar-refractivity contribution in [1.82, 2.24) is 9.80 Å². The predicted molar refractivity (Wildman–Crippen MR) is 139 cm³/mol. The molecule has 6 atom stereocenters. The number of aliphatic carboxylic acids is 2. The Morgan fingerprint density at radius 1 is 0.854 bits per heavy atom. The lowest BCUT2D eigenvalue weighted by Gasteiger charge is -2.44. The Kier molecular flexibility index (Phi) is 7.58. The van der Waals surface area contributed by atoms with Crippen LogP contribution in [0.5, 0.6) is 11.5 Å². The van der Waals surface area contributed by atoms with Crippen molar-refractivity contribution in [2.24, 2.45) is 29.6 Å². The monoisotopic (exact) mass is 568 g/mol. The van der Waals surface area contributed by atoms with E-state index in [1.54, 1.807) is 18.2 Å². The molecule has 3 N–H and O–H groups in total. The highest BCUT2D eigenvalue weighted by atomic mass is 16.5. The topological polar surface area (TPSA) is 179 Å². The highest BCUT2D eigenvalue weighted by molar-refractivity contribution is 6.08. The molecule has 1 aromatic rings. The maximum absolute atomic E-state index is 13.8. The number of nitrogens with zero attached hydrogens (tertiary/aromatic N) is 2. The molecule has 2 saturated heterocycles. The number of hydrogen-bond donors (Lipinski definition) is 3. The first-order valence-electron chi connectivity index (χ1n) is 13.8. The molecule has 5 rings (SSSR count). The van der Waals surface area contributed by atoms with Gasteiger partial charge < -0.3 is 20.1 Å². The number of phenolic OH excluding ortho intramolecular Hbond substituents is 1. The molecule has 1 saturated carbocycles. The SMILES string of the molecule is COc1cccc(C2C3=CCC4C(=O)N(CCCC(=O)O)C(=O)C4C3CC3C(=O)N(CCCC(=O)O)C(=O)C32)c1O. The van der Waals surface area contributed by atoms with E-state index in [1.807, 2.05) is 6.08 Å². The Morgan fingerprint density at radius 3 is 2.02 bits per heavy atom. The molecule has 1 aromatic carbocycles. The van der Waals surface area contributed by atoms with E-state index in [0.29, 0.717) is 11.1 Å². The van der Waals surface area contributed by atoms with Crippen LogP contribution >= 0.6 is 0 Å². The van der Waals surface area contributed by atoms with Crippen molar-refractivity contribution in [3.05, 3.63) is 35.4 Å². The largest absolute Gasteiger partial charge is 0.504 e. The summed E-state index contributed by atoms with van der Waals surface area (Å²) in [5.41, 5.74) is 1.08. The number of aromatic hydroxyl groups is 1. The molecule has 12 heteroatoms. The molecule has 4 aliphatic rings. The third-order valence-electron chi connectivity index (χ3n) is 8.96. The molecule has 41 heavy (non-hydrogen) atoms. The molecule has 0 spiro atoms. The minimum absolute atomic E-state index is 0.0139. The summed E-state index contributed by atoms with van der Waals surface area (Å²) in [5, 5.41) is 29.2. The number of methoxy groups -OCH3 is 1. The summed E-state index contributed by atoms with van der Waals surface area (Å²) in [6.45, 7) is -0.0712. The van der Waals surface area contributed by atoms with Gasteiger partial charge in [-0.25, -0.2) is 0 Å². The van der Waals surface area contributed by atoms with E-state index in [2.05, 4.69) is 0 Å². The first-order chi connectivity index (χ1) is 19.6. The molecule has 2 aliphatic carbocycles. The maximum atomic E-state index is 13.8. The molecule has 3 fully saturated rings. The van der Waals surface area contributed by atoms with Crippen molar-refractivity contribution in [2.45, 2.75) is 44.4 Å². The molecule has 218 valence electrons. The molecule has 0 bridgehead atoms. The summed E-state index contributed by atoms with van der Waals surface area (Å²) in [7, 11) is 1.39. The highest BCUT2D eigenvalue weighted by Crippen LogP contribution is 2.59. The lowest BCUT2D eigenvalue weighted by Crippen LogP contribution is -2.43. The summed E-state index contributed by atoms with van der Waals surface area (Å²) in [4.78, 5) is 78.5. The van der Waals surface area contributed by atoms with Crippen molar-refractivity contribution in [3.8, 4) is 11.5 Å². The third-order valence-corrected chi connectivity index (χ3v) is 8.96. The molecule has 0 radical (unpaired) electrons. The minimum Gasteiger partial charge on any atom is -0.504 e. The van der Waals surface area contributed by atoms with E-state index in [-0.39, 0.29) is 69.0 Å². The van der Waals surface area contributed by atoms with Gasteiger partial charge >= 0.3 is 11.9 Å². The fourth-order valence-electron chi connectivity index (χ4n) is 7.24. The van der Waals surface area contributed by atoms with E-state index in [4.69, 9.17) is 14.9 Å². The number of amides is 4. The van der Waals surface area contributed by atoms with Crippen LogP contribution in [0.2, 0.25) is 0 Å². The van der Waals surface area contributed by atoms with Crippen LogP contribution < -0.4 is 4.74 Å². The van der Waals surface area contributed by atoms with Gasteiger partial charge in [-0.3, -0.25) is 38.6 Å². The van der Waals surface area contributed by atoms with Crippen LogP contribution in [0.4, 0.5) is 0 Å². The number of benzene rings is 1. The second-order valence-electron chi connectivity index (χ2n) is 11.1. The van der Waals surface area contributed by atoms with E-state index in [0.717, 1.165) is 9.80 Å². The number of likely N-dealkylation sites (tertiary alicyclic amines) is 2. The van der Waals surface area contributed by atoms with Gasteiger partial charge in [0.1, 0.15) is 0 Å². The summed E-state index contributed by atoms with van der Waals surface area (Å²) in [6, 6.07) is 4.88. The molecule has 12 nitrogen and oxygen atoms in total. The van der Waals surface area contributed by atoms with Crippen molar-refractivity contribution >= 4 is 35.6 Å². The molecular weight excluding hydrogens is 536 g/mol. The minimum atomic E-state index is -1.04. The Hall–Kier alpha value is -4.22. The number of carboxylic acid groups (broad SMARTS) is 2. The average molecular weight is 569 g/mol. The van der Waals surface area contributed by atoms with Gasteiger partial charge in [0.2, 0.25) is 23.6 Å². The molecule has 4 amide bonds. The lowest BCUT2D eigenvalue weighted by molar-refractivity contribution is -0.143. The first-order valence-corrected chi connectivity index (χ1v) is 13.8. The Bertz CT molecular complexity index is 1350. The normalized spacial score (nSPS) is 28.8. The van der Waals surface area contributed by atoms with Crippen LogP contribution in [0.1, 0.15) is 50.0 Å². The van der Waals surface area contributed by atoms with Crippen molar-refractivity contribution in [2.75, 3.05) is 20.2 Å². The molecular formula is C29H32N2O10. The standard InChI is InChI=1S/C29H32N2O10/c1-41-19-6-2-5-15(25(19)36)22-14-9-10-16-23(28(39)30(26(16)37)11-3-7-20(32)33)17(14)13-18-24(22)29(40)31(27(18)38)12-4-8-21(34)35/h2,5-6,9,16-18,22-24,36H,3-4,7-8,10-13H2,1H3,(H,32,33)(H,34,35). The van der Waals surface area contributed by atoms with Gasteiger partial charge in [-0.1, -0.05) is 23.8 Å². The fraction of sp³-hybridized carbons (Fsp3) is 0.517. The predicted octanol–water partition coefficient (Wildman–Crippen LogP) is 1.77. The maximum Gasteiger partial charge on any atom is 0.303 e. The van der Waals surface area contributed by atoms with E-state index in [1.165, 1.54) is 7.11 Å². The van der Waals surface area contributed by atoms with E-state index in [9.17, 15) is 33.9 Å². The van der Waals surface area contributed by atoms with Crippen LogP contribution in [-0.4, -0.2) is 80.9 Å².